The molecule has 0 unspecified atom stereocenters. The minimum atomic E-state index is -1.26. The van der Waals surface area contributed by atoms with Gasteiger partial charge in [-0.05, 0) is 6.92 Å². The number of aromatic carboxylic acids is 1. The summed E-state index contributed by atoms with van der Waals surface area (Å²) in [5.74, 6) is -2.01. The van der Waals surface area contributed by atoms with E-state index in [1.54, 1.807) is 14.0 Å². The van der Waals surface area contributed by atoms with E-state index in [-0.39, 0.29) is 11.5 Å². The SMILES string of the molecule is C=C(C)CN(C)C(=O)c1cc(C(=O)O)on1. The summed E-state index contributed by atoms with van der Waals surface area (Å²) in [6.07, 6.45) is 0. The molecule has 0 atom stereocenters. The Morgan fingerprint density at radius 2 is 2.25 bits per heavy atom. The van der Waals surface area contributed by atoms with E-state index in [0.717, 1.165) is 11.6 Å². The van der Waals surface area contributed by atoms with Crippen LogP contribution in [0.2, 0.25) is 0 Å². The first-order valence-corrected chi connectivity index (χ1v) is 4.51. The van der Waals surface area contributed by atoms with Crippen LogP contribution >= 0.6 is 0 Å². The van der Waals surface area contributed by atoms with Crippen molar-refractivity contribution in [2.45, 2.75) is 6.92 Å². The Bertz CT molecular complexity index is 436. The summed E-state index contributed by atoms with van der Waals surface area (Å²) in [6, 6.07) is 1.10. The molecular weight excluding hydrogens is 212 g/mol. The smallest absolute Gasteiger partial charge is 0.374 e. The van der Waals surface area contributed by atoms with Crippen molar-refractivity contribution in [3.8, 4) is 0 Å². The molecule has 1 heterocycles. The molecule has 0 spiro atoms. The Morgan fingerprint density at radius 1 is 1.62 bits per heavy atom. The molecule has 86 valence electrons. The van der Waals surface area contributed by atoms with Gasteiger partial charge in [0.2, 0.25) is 5.76 Å². The molecule has 0 saturated carbocycles. The number of rotatable bonds is 4. The third-order valence-electron chi connectivity index (χ3n) is 1.79. The molecule has 0 fully saturated rings. The van der Waals surface area contributed by atoms with Crippen LogP contribution in [0.5, 0.6) is 0 Å². The minimum Gasteiger partial charge on any atom is -0.475 e. The van der Waals surface area contributed by atoms with Crippen LogP contribution in [-0.4, -0.2) is 40.6 Å². The monoisotopic (exact) mass is 224 g/mol. The Hall–Kier alpha value is -2.11. The van der Waals surface area contributed by atoms with Gasteiger partial charge < -0.3 is 14.5 Å². The zero-order valence-corrected chi connectivity index (χ0v) is 9.06. The largest absolute Gasteiger partial charge is 0.475 e. The molecular formula is C10H12N2O4. The number of nitrogens with zero attached hydrogens (tertiary/aromatic N) is 2. The van der Waals surface area contributed by atoms with Crippen molar-refractivity contribution in [2.75, 3.05) is 13.6 Å². The highest BCUT2D eigenvalue weighted by Gasteiger charge is 2.19. The lowest BCUT2D eigenvalue weighted by Crippen LogP contribution is -2.28. The van der Waals surface area contributed by atoms with E-state index in [2.05, 4.69) is 16.3 Å². The first-order chi connectivity index (χ1) is 7.41. The van der Waals surface area contributed by atoms with Gasteiger partial charge in [-0.15, -0.1) is 0 Å². The van der Waals surface area contributed by atoms with Crippen LogP contribution in [0.4, 0.5) is 0 Å². The van der Waals surface area contributed by atoms with Crippen molar-refractivity contribution in [3.05, 3.63) is 29.7 Å². The topological polar surface area (TPSA) is 83.6 Å². The first-order valence-electron chi connectivity index (χ1n) is 4.51. The Balaban J connectivity index is 2.80. The van der Waals surface area contributed by atoms with Crippen LogP contribution in [0.15, 0.2) is 22.7 Å². The molecule has 1 rings (SSSR count). The number of carboxylic acids is 1. The van der Waals surface area contributed by atoms with Crippen molar-refractivity contribution in [1.82, 2.24) is 10.1 Å². The maximum absolute atomic E-state index is 11.7. The average Bonchev–Trinajstić information content (AvgIpc) is 2.64. The molecule has 0 radical (unpaired) electrons. The number of carbonyl (C=O) groups excluding carboxylic acids is 1. The number of carboxylic acid groups (broad SMARTS) is 1. The summed E-state index contributed by atoms with van der Waals surface area (Å²) in [6.45, 7) is 5.84. The number of hydrogen-bond donors (Lipinski definition) is 1. The van der Waals surface area contributed by atoms with E-state index in [4.69, 9.17) is 5.11 Å². The molecule has 16 heavy (non-hydrogen) atoms. The van der Waals surface area contributed by atoms with Gasteiger partial charge in [-0.2, -0.15) is 0 Å². The van der Waals surface area contributed by atoms with Crippen molar-refractivity contribution < 1.29 is 19.2 Å². The molecule has 0 aliphatic rings. The minimum absolute atomic E-state index is 0.0267. The van der Waals surface area contributed by atoms with Gasteiger partial charge in [0.25, 0.3) is 5.91 Å². The molecule has 0 bridgehead atoms. The third-order valence-corrected chi connectivity index (χ3v) is 1.79. The molecule has 0 saturated heterocycles. The van der Waals surface area contributed by atoms with E-state index in [9.17, 15) is 9.59 Å². The zero-order valence-electron chi connectivity index (χ0n) is 9.06. The molecule has 1 aromatic heterocycles. The van der Waals surface area contributed by atoms with Crippen molar-refractivity contribution >= 4 is 11.9 Å². The summed E-state index contributed by atoms with van der Waals surface area (Å²) in [5, 5.41) is 12.0. The second-order valence-electron chi connectivity index (χ2n) is 3.50. The van der Waals surface area contributed by atoms with Crippen LogP contribution in [0.3, 0.4) is 0 Å². The number of hydrogen-bond acceptors (Lipinski definition) is 4. The summed E-state index contributed by atoms with van der Waals surface area (Å²) < 4.78 is 4.48. The maximum atomic E-state index is 11.7. The van der Waals surface area contributed by atoms with E-state index in [0.29, 0.717) is 6.54 Å². The van der Waals surface area contributed by atoms with E-state index < -0.39 is 11.9 Å². The standard InChI is InChI=1S/C10H12N2O4/c1-6(2)5-12(3)9(13)7-4-8(10(14)15)16-11-7/h4H,1,5H2,2-3H3,(H,14,15). The summed E-state index contributed by atoms with van der Waals surface area (Å²) in [7, 11) is 1.58. The molecule has 6 heteroatoms. The second kappa shape index (κ2) is 4.61. The molecule has 6 nitrogen and oxygen atoms in total. The third kappa shape index (κ3) is 2.69. The second-order valence-corrected chi connectivity index (χ2v) is 3.50. The van der Waals surface area contributed by atoms with Gasteiger partial charge in [0.15, 0.2) is 5.69 Å². The van der Waals surface area contributed by atoms with Gasteiger partial charge >= 0.3 is 5.97 Å². The number of likely N-dealkylation sites (N-methyl/N-ethyl adjacent to an activating group) is 1. The molecule has 1 N–H and O–H groups in total. The van der Waals surface area contributed by atoms with Crippen LogP contribution in [-0.2, 0) is 0 Å². The predicted molar refractivity (Wildman–Crippen MR) is 55.2 cm³/mol. The van der Waals surface area contributed by atoms with E-state index in [1.165, 1.54) is 4.90 Å². The predicted octanol–water partition coefficient (Wildman–Crippen LogP) is 1.02. The van der Waals surface area contributed by atoms with Gasteiger partial charge in [-0.1, -0.05) is 17.3 Å². The summed E-state index contributed by atoms with van der Waals surface area (Å²) >= 11 is 0. The molecule has 1 aromatic rings. The van der Waals surface area contributed by atoms with Gasteiger partial charge in [-0.3, -0.25) is 4.79 Å². The van der Waals surface area contributed by atoms with Gasteiger partial charge in [-0.25, -0.2) is 4.79 Å². The normalized spacial score (nSPS) is 9.88. The van der Waals surface area contributed by atoms with Gasteiger partial charge in [0, 0.05) is 19.7 Å². The number of amides is 1. The van der Waals surface area contributed by atoms with Crippen LogP contribution in [0.25, 0.3) is 0 Å². The number of aromatic nitrogens is 1. The Labute approximate surface area is 92.1 Å². The van der Waals surface area contributed by atoms with Gasteiger partial charge in [0.05, 0.1) is 0 Å². The summed E-state index contributed by atoms with van der Waals surface area (Å²) in [4.78, 5) is 23.6. The molecule has 1 amide bonds. The Kier molecular flexibility index (Phi) is 3.44. The van der Waals surface area contributed by atoms with Crippen molar-refractivity contribution in [2.24, 2.45) is 0 Å². The lowest BCUT2D eigenvalue weighted by molar-refractivity contribution is 0.0650. The average molecular weight is 224 g/mol. The molecule has 0 aliphatic carbocycles. The lowest BCUT2D eigenvalue weighted by atomic mass is 10.3. The van der Waals surface area contributed by atoms with Crippen molar-refractivity contribution in [3.63, 3.8) is 0 Å². The number of carbonyl (C=O) groups is 2. The molecule has 0 aliphatic heterocycles. The van der Waals surface area contributed by atoms with Crippen LogP contribution in [0.1, 0.15) is 28.0 Å². The fourth-order valence-electron chi connectivity index (χ4n) is 1.15. The highest BCUT2D eigenvalue weighted by molar-refractivity contribution is 5.94. The highest BCUT2D eigenvalue weighted by atomic mass is 16.5. The van der Waals surface area contributed by atoms with E-state index in [1.807, 2.05) is 0 Å². The fraction of sp³-hybridized carbons (Fsp3) is 0.300. The summed E-state index contributed by atoms with van der Waals surface area (Å²) in [5.41, 5.74) is 0.791. The van der Waals surface area contributed by atoms with Crippen molar-refractivity contribution in [1.29, 1.82) is 0 Å². The van der Waals surface area contributed by atoms with Crippen LogP contribution < -0.4 is 0 Å². The Morgan fingerprint density at radius 3 is 2.69 bits per heavy atom. The quantitative estimate of drug-likeness (QED) is 0.772. The highest BCUT2D eigenvalue weighted by Crippen LogP contribution is 2.07. The maximum Gasteiger partial charge on any atom is 0.374 e. The van der Waals surface area contributed by atoms with Gasteiger partial charge in [0.1, 0.15) is 0 Å². The van der Waals surface area contributed by atoms with E-state index >= 15 is 0 Å². The van der Waals surface area contributed by atoms with Crippen LogP contribution in [0, 0.1) is 0 Å². The lowest BCUT2D eigenvalue weighted by Gasteiger charge is -2.14. The molecule has 0 aromatic carbocycles. The first kappa shape index (κ1) is 12.0. The fourth-order valence-corrected chi connectivity index (χ4v) is 1.15. The zero-order chi connectivity index (χ0) is 12.3.